The molecule has 0 bridgehead atoms. The molecule has 5 nitrogen and oxygen atoms in total. The Morgan fingerprint density at radius 3 is 2.93 bits per heavy atom. The molecule has 2 heterocycles. The maximum atomic E-state index is 11.4. The molecule has 0 aromatic carbocycles. The summed E-state index contributed by atoms with van der Waals surface area (Å²) in [6.45, 7) is 2.24. The fourth-order valence-electron chi connectivity index (χ4n) is 1.68. The Hall–Kier alpha value is -1.65. The van der Waals surface area contributed by atoms with Crippen molar-refractivity contribution >= 4 is 17.5 Å². The number of H-pyrrole nitrogens is 1. The van der Waals surface area contributed by atoms with Crippen LogP contribution in [0.3, 0.4) is 0 Å². The van der Waals surface area contributed by atoms with Crippen molar-refractivity contribution in [1.29, 1.82) is 0 Å². The van der Waals surface area contributed by atoms with Gasteiger partial charge in [0.25, 0.3) is 0 Å². The second-order valence-electron chi connectivity index (χ2n) is 3.70. The highest BCUT2D eigenvalue weighted by molar-refractivity contribution is 6.14. The first-order valence-electron chi connectivity index (χ1n) is 5.07. The molecule has 1 N–H and O–H groups in total. The van der Waals surface area contributed by atoms with E-state index in [0.717, 1.165) is 18.5 Å². The fraction of sp³-hybridized carbons (Fsp3) is 0.500. The van der Waals surface area contributed by atoms with Gasteiger partial charge in [-0.3, -0.25) is 19.6 Å². The van der Waals surface area contributed by atoms with Crippen LogP contribution < -0.4 is 4.90 Å². The van der Waals surface area contributed by atoms with Crippen molar-refractivity contribution in [2.24, 2.45) is 0 Å². The zero-order valence-electron chi connectivity index (χ0n) is 8.62. The molecule has 1 saturated heterocycles. The van der Waals surface area contributed by atoms with Gasteiger partial charge in [-0.2, -0.15) is 5.10 Å². The van der Waals surface area contributed by atoms with Gasteiger partial charge in [-0.05, 0) is 6.42 Å². The number of nitrogens with one attached hydrogen (secondary N) is 1. The number of aromatic nitrogens is 2. The SMILES string of the molecule is CCCc1cc(N2CC(=O)CC2=O)n[nH]1. The first-order valence-corrected chi connectivity index (χ1v) is 5.07. The molecule has 15 heavy (non-hydrogen) atoms. The minimum Gasteiger partial charge on any atom is -0.297 e. The number of carbonyl (C=O) groups excluding carboxylic acids is 2. The highest BCUT2D eigenvalue weighted by Gasteiger charge is 2.29. The summed E-state index contributed by atoms with van der Waals surface area (Å²) in [6, 6.07) is 1.83. The second kappa shape index (κ2) is 3.84. The third-order valence-corrected chi connectivity index (χ3v) is 2.40. The quantitative estimate of drug-likeness (QED) is 0.741. The third kappa shape index (κ3) is 1.91. The van der Waals surface area contributed by atoms with Gasteiger partial charge in [0.2, 0.25) is 5.91 Å². The highest BCUT2D eigenvalue weighted by atomic mass is 16.2. The maximum Gasteiger partial charge on any atom is 0.236 e. The van der Waals surface area contributed by atoms with Crippen LogP contribution in [0.15, 0.2) is 6.07 Å². The standard InChI is InChI=1S/C10H13N3O2/c1-2-3-7-4-9(12-11-7)13-6-8(14)5-10(13)15/h4H,2-3,5-6H2,1H3,(H,11,12). The summed E-state index contributed by atoms with van der Waals surface area (Å²) in [5.41, 5.74) is 1.000. The van der Waals surface area contributed by atoms with Crippen molar-refractivity contribution in [2.75, 3.05) is 11.4 Å². The lowest BCUT2D eigenvalue weighted by Gasteiger charge is -2.09. The Kier molecular flexibility index (Phi) is 2.53. The largest absolute Gasteiger partial charge is 0.297 e. The van der Waals surface area contributed by atoms with E-state index in [1.54, 1.807) is 0 Å². The first kappa shape index (κ1) is 9.89. The summed E-state index contributed by atoms with van der Waals surface area (Å²) in [6.07, 6.45) is 1.94. The highest BCUT2D eigenvalue weighted by Crippen LogP contribution is 2.18. The van der Waals surface area contributed by atoms with Crippen LogP contribution >= 0.6 is 0 Å². The zero-order chi connectivity index (χ0) is 10.8. The summed E-state index contributed by atoms with van der Waals surface area (Å²) in [4.78, 5) is 23.9. The van der Waals surface area contributed by atoms with E-state index in [2.05, 4.69) is 17.1 Å². The number of carbonyl (C=O) groups is 2. The van der Waals surface area contributed by atoms with E-state index in [9.17, 15) is 9.59 Å². The molecule has 0 radical (unpaired) electrons. The van der Waals surface area contributed by atoms with Gasteiger partial charge in [0, 0.05) is 11.8 Å². The summed E-state index contributed by atoms with van der Waals surface area (Å²) in [7, 11) is 0. The van der Waals surface area contributed by atoms with E-state index >= 15 is 0 Å². The molecule has 2 rings (SSSR count). The molecular formula is C10H13N3O2. The van der Waals surface area contributed by atoms with Crippen LogP contribution in [-0.2, 0) is 16.0 Å². The number of amides is 1. The molecule has 1 fully saturated rings. The molecule has 1 aromatic rings. The number of aryl methyl sites for hydroxylation is 1. The lowest BCUT2D eigenvalue weighted by Crippen LogP contribution is -2.24. The number of nitrogens with zero attached hydrogens (tertiary/aromatic N) is 2. The van der Waals surface area contributed by atoms with Crippen molar-refractivity contribution in [3.63, 3.8) is 0 Å². The van der Waals surface area contributed by atoms with Gasteiger partial charge in [-0.1, -0.05) is 13.3 Å². The third-order valence-electron chi connectivity index (χ3n) is 2.40. The van der Waals surface area contributed by atoms with Crippen LogP contribution in [0.5, 0.6) is 0 Å². The maximum absolute atomic E-state index is 11.4. The van der Waals surface area contributed by atoms with Crippen LogP contribution in [0.4, 0.5) is 5.82 Å². The minimum absolute atomic E-state index is 0.00989. The summed E-state index contributed by atoms with van der Waals surface area (Å²) in [5, 5.41) is 6.89. The van der Waals surface area contributed by atoms with E-state index in [-0.39, 0.29) is 24.7 Å². The van der Waals surface area contributed by atoms with Crippen LogP contribution in [0, 0.1) is 0 Å². The number of hydrogen-bond donors (Lipinski definition) is 1. The molecule has 0 aliphatic carbocycles. The molecule has 0 atom stereocenters. The van der Waals surface area contributed by atoms with Gasteiger partial charge >= 0.3 is 0 Å². The molecule has 0 unspecified atom stereocenters. The smallest absolute Gasteiger partial charge is 0.236 e. The van der Waals surface area contributed by atoms with Gasteiger partial charge in [0.15, 0.2) is 11.6 Å². The minimum atomic E-state index is -0.158. The molecule has 80 valence electrons. The van der Waals surface area contributed by atoms with Crippen molar-refractivity contribution in [1.82, 2.24) is 10.2 Å². The molecule has 5 heteroatoms. The molecule has 1 aliphatic rings. The molecule has 1 aromatic heterocycles. The van der Waals surface area contributed by atoms with E-state index < -0.39 is 0 Å². The number of rotatable bonds is 3. The van der Waals surface area contributed by atoms with E-state index in [1.807, 2.05) is 6.07 Å². The number of ketones is 1. The topological polar surface area (TPSA) is 66.1 Å². The summed E-state index contributed by atoms with van der Waals surface area (Å²) < 4.78 is 0. The van der Waals surface area contributed by atoms with E-state index in [1.165, 1.54) is 4.90 Å². The average molecular weight is 207 g/mol. The Balaban J connectivity index is 2.15. The molecule has 1 aliphatic heterocycles. The lowest BCUT2D eigenvalue weighted by atomic mass is 10.2. The number of aromatic amines is 1. The first-order chi connectivity index (χ1) is 7.20. The van der Waals surface area contributed by atoms with Gasteiger partial charge < -0.3 is 0 Å². The monoisotopic (exact) mass is 207 g/mol. The van der Waals surface area contributed by atoms with Crippen molar-refractivity contribution in [3.8, 4) is 0 Å². The number of hydrogen-bond acceptors (Lipinski definition) is 3. The molecular weight excluding hydrogens is 194 g/mol. The van der Waals surface area contributed by atoms with Crippen LogP contribution in [0.1, 0.15) is 25.5 Å². The van der Waals surface area contributed by atoms with Gasteiger partial charge in [-0.15, -0.1) is 0 Å². The van der Waals surface area contributed by atoms with E-state index in [0.29, 0.717) is 5.82 Å². The van der Waals surface area contributed by atoms with Crippen LogP contribution in [0.2, 0.25) is 0 Å². The Morgan fingerprint density at radius 2 is 2.33 bits per heavy atom. The molecule has 0 spiro atoms. The Morgan fingerprint density at radius 1 is 1.53 bits per heavy atom. The van der Waals surface area contributed by atoms with Gasteiger partial charge in [0.1, 0.15) is 0 Å². The molecule has 0 saturated carbocycles. The predicted octanol–water partition coefficient (Wildman–Crippen LogP) is 0.668. The lowest BCUT2D eigenvalue weighted by molar-refractivity contribution is -0.121. The Labute approximate surface area is 87.5 Å². The number of anilines is 1. The van der Waals surface area contributed by atoms with Gasteiger partial charge in [-0.25, -0.2) is 0 Å². The van der Waals surface area contributed by atoms with Gasteiger partial charge in [0.05, 0.1) is 13.0 Å². The average Bonchev–Trinajstić information content (AvgIpc) is 2.73. The van der Waals surface area contributed by atoms with Crippen LogP contribution in [0.25, 0.3) is 0 Å². The van der Waals surface area contributed by atoms with Crippen molar-refractivity contribution < 1.29 is 9.59 Å². The zero-order valence-corrected chi connectivity index (χ0v) is 8.62. The summed E-state index contributed by atoms with van der Waals surface area (Å²) >= 11 is 0. The normalized spacial score (nSPS) is 16.5. The van der Waals surface area contributed by atoms with E-state index in [4.69, 9.17) is 0 Å². The van der Waals surface area contributed by atoms with Crippen molar-refractivity contribution in [3.05, 3.63) is 11.8 Å². The Bertz CT molecular complexity index is 397. The second-order valence-corrected chi connectivity index (χ2v) is 3.70. The summed E-state index contributed by atoms with van der Waals surface area (Å²) in [5.74, 6) is 0.365. The van der Waals surface area contributed by atoms with Crippen LogP contribution in [-0.4, -0.2) is 28.4 Å². The van der Waals surface area contributed by atoms with Crippen molar-refractivity contribution in [2.45, 2.75) is 26.2 Å². The fourth-order valence-corrected chi connectivity index (χ4v) is 1.68. The number of Topliss-reactive ketones (excluding diaryl/α,β-unsaturated/α-hetero) is 1. The predicted molar refractivity (Wildman–Crippen MR) is 54.6 cm³/mol. The molecule has 1 amide bonds.